The number of hydrogen-bond donors (Lipinski definition) is 3. The van der Waals surface area contributed by atoms with Crippen molar-refractivity contribution in [3.63, 3.8) is 0 Å². The van der Waals surface area contributed by atoms with E-state index in [2.05, 4.69) is 46.2 Å². The Morgan fingerprint density at radius 3 is 2.57 bits per heavy atom. The van der Waals surface area contributed by atoms with Crippen LogP contribution in [0.15, 0.2) is 82.0 Å². The number of ether oxygens (including phenoxy) is 1. The van der Waals surface area contributed by atoms with Crippen LogP contribution in [0.5, 0.6) is 0 Å². The lowest BCUT2D eigenvalue weighted by molar-refractivity contribution is -0.114. The van der Waals surface area contributed by atoms with Gasteiger partial charge in [0.2, 0.25) is 0 Å². The Morgan fingerprint density at radius 1 is 1.20 bits per heavy atom. The second-order valence-electron chi connectivity index (χ2n) is 7.90. The van der Waals surface area contributed by atoms with E-state index in [1.165, 1.54) is 17.1 Å². The fourth-order valence-electron chi connectivity index (χ4n) is 3.73. The molecule has 5 N–H and O–H groups in total. The lowest BCUT2D eigenvalue weighted by Crippen LogP contribution is -2.42. The number of allylic oxidation sites excluding steroid dienone is 2. The summed E-state index contributed by atoms with van der Waals surface area (Å²) in [6.07, 6.45) is 7.90. The molecule has 2 aromatic rings. The maximum absolute atomic E-state index is 11.1. The Labute approximate surface area is 209 Å². The van der Waals surface area contributed by atoms with E-state index in [1.54, 1.807) is 0 Å². The van der Waals surface area contributed by atoms with Crippen LogP contribution in [0.1, 0.15) is 6.42 Å². The highest BCUT2D eigenvalue weighted by molar-refractivity contribution is 8.03. The predicted molar refractivity (Wildman–Crippen MR) is 144 cm³/mol. The molecule has 1 aliphatic carbocycles. The van der Waals surface area contributed by atoms with Crippen molar-refractivity contribution < 1.29 is 14.3 Å². The number of rotatable bonds is 8. The highest BCUT2D eigenvalue weighted by Crippen LogP contribution is 2.21. The monoisotopic (exact) mass is 493 g/mol. The third kappa shape index (κ3) is 7.81. The average Bonchev–Trinajstić information content (AvgIpc) is 2.90. The zero-order valence-corrected chi connectivity index (χ0v) is 20.4. The Bertz CT molecular complexity index is 1140. The van der Waals surface area contributed by atoms with Crippen LogP contribution in [-0.2, 0) is 14.3 Å². The number of carbonyl (C=O) groups excluding carboxylic acids is 2. The molecule has 1 unspecified atom stereocenters. The molecule has 2 aromatic carbocycles. The maximum atomic E-state index is 11.1. The van der Waals surface area contributed by atoms with Gasteiger partial charge in [-0.2, -0.15) is 0 Å². The van der Waals surface area contributed by atoms with Crippen molar-refractivity contribution in [3.8, 4) is 0 Å². The zero-order chi connectivity index (χ0) is 25.0. The molecule has 8 nitrogen and oxygen atoms in total. The van der Waals surface area contributed by atoms with E-state index in [9.17, 15) is 9.59 Å². The molecule has 9 heteroatoms. The number of primary amides is 1. The Hall–Kier alpha value is -3.40. The number of nitrogens with two attached hydrogens (primary N) is 2. The summed E-state index contributed by atoms with van der Waals surface area (Å²) >= 11 is 1.25. The largest absolute Gasteiger partial charge is 0.392 e. The molecule has 1 amide bonds. The Kier molecular flexibility index (Phi) is 10.1. The number of nitrogens with one attached hydrogen (secondary N) is 1. The summed E-state index contributed by atoms with van der Waals surface area (Å²) in [5.41, 5.74) is 12.7. The molecular weight excluding hydrogens is 462 g/mol. The molecule has 1 saturated heterocycles. The van der Waals surface area contributed by atoms with Crippen molar-refractivity contribution in [3.05, 3.63) is 77.0 Å². The van der Waals surface area contributed by atoms with Crippen molar-refractivity contribution in [1.29, 1.82) is 0 Å². The molecule has 0 radical (unpaired) electrons. The minimum Gasteiger partial charge on any atom is -0.392 e. The molecule has 0 spiro atoms. The molecule has 2 aliphatic rings. The first-order chi connectivity index (χ1) is 17.0. The third-order valence-corrected chi connectivity index (χ3v) is 6.43. The highest BCUT2D eigenvalue weighted by Gasteiger charge is 2.19. The summed E-state index contributed by atoms with van der Waals surface area (Å²) in [5.74, 6) is -0.183. The zero-order valence-electron chi connectivity index (χ0n) is 19.6. The molecule has 1 fully saturated rings. The van der Waals surface area contributed by atoms with E-state index >= 15 is 0 Å². The SMILES string of the molecule is C=N/C(C(N)=O)=C(/N)SCNc1ccc2ccccc2c1.O=CC1=CCC(N2CCOCC2)C=C1. The van der Waals surface area contributed by atoms with Crippen LogP contribution in [0, 0.1) is 0 Å². The quantitative estimate of drug-likeness (QED) is 0.224. The molecular formula is C26H31N5O3S. The lowest BCUT2D eigenvalue weighted by atomic mass is 10.0. The maximum Gasteiger partial charge on any atom is 0.269 e. The number of hydrogen-bond acceptors (Lipinski definition) is 8. The van der Waals surface area contributed by atoms with Gasteiger partial charge < -0.3 is 21.5 Å². The summed E-state index contributed by atoms with van der Waals surface area (Å²) < 4.78 is 5.30. The van der Waals surface area contributed by atoms with Gasteiger partial charge in [0.25, 0.3) is 5.91 Å². The number of fused-ring (bicyclic) bond motifs is 1. The molecule has 1 heterocycles. The molecule has 0 saturated carbocycles. The van der Waals surface area contributed by atoms with Crippen molar-refractivity contribution in [2.75, 3.05) is 37.5 Å². The lowest BCUT2D eigenvalue weighted by Gasteiger charge is -2.33. The topological polar surface area (TPSA) is 123 Å². The summed E-state index contributed by atoms with van der Waals surface area (Å²) in [6, 6.07) is 14.7. The summed E-state index contributed by atoms with van der Waals surface area (Å²) in [5, 5.41) is 5.81. The van der Waals surface area contributed by atoms with Gasteiger partial charge in [-0.3, -0.25) is 19.5 Å². The van der Waals surface area contributed by atoms with Gasteiger partial charge in [-0.05, 0) is 36.0 Å². The van der Waals surface area contributed by atoms with Crippen molar-refractivity contribution in [1.82, 2.24) is 4.90 Å². The highest BCUT2D eigenvalue weighted by atomic mass is 32.2. The predicted octanol–water partition coefficient (Wildman–Crippen LogP) is 3.03. The van der Waals surface area contributed by atoms with Crippen molar-refractivity contribution in [2.45, 2.75) is 12.5 Å². The number of morpholine rings is 1. The van der Waals surface area contributed by atoms with Gasteiger partial charge in [0.1, 0.15) is 6.29 Å². The summed E-state index contributed by atoms with van der Waals surface area (Å²) in [7, 11) is 0. The van der Waals surface area contributed by atoms with Crippen molar-refractivity contribution in [2.24, 2.45) is 16.5 Å². The third-order valence-electron chi connectivity index (χ3n) is 5.63. The van der Waals surface area contributed by atoms with Crippen molar-refractivity contribution >= 4 is 47.1 Å². The number of aliphatic imine (C=N–C) groups is 1. The van der Waals surface area contributed by atoms with Gasteiger partial charge in [-0.25, -0.2) is 0 Å². The van der Waals surface area contributed by atoms with Crippen LogP contribution in [0.2, 0.25) is 0 Å². The van der Waals surface area contributed by atoms with E-state index < -0.39 is 5.91 Å². The van der Waals surface area contributed by atoms with Crippen LogP contribution in [-0.4, -0.2) is 62.0 Å². The molecule has 1 aliphatic heterocycles. The molecule has 0 aromatic heterocycles. The smallest absolute Gasteiger partial charge is 0.269 e. The van der Waals surface area contributed by atoms with E-state index in [0.29, 0.717) is 11.9 Å². The fourth-order valence-corrected chi connectivity index (χ4v) is 4.43. The fraction of sp³-hybridized carbons (Fsp3) is 0.269. The minimum atomic E-state index is -0.680. The number of aldehydes is 1. The first-order valence-electron chi connectivity index (χ1n) is 11.3. The summed E-state index contributed by atoms with van der Waals surface area (Å²) in [6.45, 7) is 6.94. The van der Waals surface area contributed by atoms with Crippen LogP contribution in [0.4, 0.5) is 5.69 Å². The van der Waals surface area contributed by atoms with Crippen LogP contribution in [0.25, 0.3) is 10.8 Å². The summed E-state index contributed by atoms with van der Waals surface area (Å²) in [4.78, 5) is 27.5. The minimum absolute atomic E-state index is 0.000288. The average molecular weight is 494 g/mol. The van der Waals surface area contributed by atoms with E-state index in [-0.39, 0.29) is 10.7 Å². The number of nitrogens with zero attached hydrogens (tertiary/aromatic N) is 2. The van der Waals surface area contributed by atoms with Gasteiger partial charge in [0, 0.05) is 30.4 Å². The number of carbonyl (C=O) groups is 2. The van der Waals surface area contributed by atoms with E-state index in [1.807, 2.05) is 36.4 Å². The number of amides is 1. The van der Waals surface area contributed by atoms with Gasteiger partial charge in [0.15, 0.2) is 5.70 Å². The second kappa shape index (κ2) is 13.5. The molecule has 1 atom stereocenters. The second-order valence-corrected chi connectivity index (χ2v) is 8.91. The van der Waals surface area contributed by atoms with Gasteiger partial charge >= 0.3 is 0 Å². The molecule has 4 rings (SSSR count). The van der Waals surface area contributed by atoms with E-state index in [0.717, 1.165) is 55.7 Å². The van der Waals surface area contributed by atoms with Gasteiger partial charge in [0.05, 0.1) is 24.1 Å². The first-order valence-corrected chi connectivity index (χ1v) is 12.3. The van der Waals surface area contributed by atoms with Crippen LogP contribution in [0.3, 0.4) is 0 Å². The Morgan fingerprint density at radius 2 is 1.94 bits per heavy atom. The number of thioether (sulfide) groups is 1. The van der Waals surface area contributed by atoms with Gasteiger partial charge in [-0.1, -0.05) is 60.3 Å². The van der Waals surface area contributed by atoms with E-state index in [4.69, 9.17) is 16.2 Å². The normalized spacial score (nSPS) is 18.5. The first kappa shape index (κ1) is 26.2. The molecule has 0 bridgehead atoms. The van der Waals surface area contributed by atoms with Gasteiger partial charge in [-0.15, -0.1) is 0 Å². The number of anilines is 1. The Balaban J connectivity index is 0.000000211. The molecule has 184 valence electrons. The molecule has 35 heavy (non-hydrogen) atoms. The van der Waals surface area contributed by atoms with Crippen LogP contribution >= 0.6 is 11.8 Å². The van der Waals surface area contributed by atoms with Crippen LogP contribution < -0.4 is 16.8 Å². The standard InChI is InChI=1S/C15H16N4OS.C11H15NO2/c1-18-13(14(16)20)15(17)21-9-19-12-7-6-10-4-2-3-5-11(10)8-12;13-9-10-1-3-11(4-2-10)12-5-7-14-8-6-12/h2-8,19H,1,9,17H2,(H2,16,20);1-3,9,11H,4-8H2/b15-13-;. The number of benzene rings is 2.